The van der Waals surface area contributed by atoms with Gasteiger partial charge in [-0.15, -0.1) is 0 Å². The number of nitrogens with one attached hydrogen (secondary N) is 1. The monoisotopic (exact) mass is 471 g/mol. The van der Waals surface area contributed by atoms with Gasteiger partial charge in [0.2, 0.25) is 6.79 Å². The van der Waals surface area contributed by atoms with Crippen LogP contribution in [0.4, 0.5) is 11.4 Å². The lowest BCUT2D eigenvalue weighted by molar-refractivity contribution is 0.0976. The van der Waals surface area contributed by atoms with E-state index in [1.807, 2.05) is 49.4 Å². The van der Waals surface area contributed by atoms with E-state index in [1.54, 1.807) is 32.4 Å². The number of fused-ring (bicyclic) bond motifs is 2. The molecule has 1 atom stereocenters. The Hall–Kier alpha value is -4.33. The number of amidine groups is 1. The molecule has 2 heterocycles. The van der Waals surface area contributed by atoms with Gasteiger partial charge < -0.3 is 24.3 Å². The Bertz CT molecular complexity index is 1350. The van der Waals surface area contributed by atoms with Gasteiger partial charge in [0, 0.05) is 11.3 Å². The van der Waals surface area contributed by atoms with Gasteiger partial charge in [-0.3, -0.25) is 9.79 Å². The lowest BCUT2D eigenvalue weighted by atomic mass is 9.90. The van der Waals surface area contributed by atoms with Crippen LogP contribution < -0.4 is 24.3 Å². The van der Waals surface area contributed by atoms with Gasteiger partial charge in [0.15, 0.2) is 23.0 Å². The number of ether oxygens (including phenoxy) is 4. The molecule has 3 aromatic carbocycles. The number of carbonyl (C=O) groups excluding carboxylic acids is 1. The van der Waals surface area contributed by atoms with E-state index in [9.17, 15) is 4.79 Å². The number of hydrogen-bond donors (Lipinski definition) is 1. The Morgan fingerprint density at radius 3 is 2.43 bits per heavy atom. The molecule has 0 fully saturated rings. The van der Waals surface area contributed by atoms with Crippen LogP contribution in [-0.4, -0.2) is 38.5 Å². The molecule has 35 heavy (non-hydrogen) atoms. The zero-order chi connectivity index (χ0) is 24.4. The third-order valence-corrected chi connectivity index (χ3v) is 5.97. The third-order valence-electron chi connectivity index (χ3n) is 5.97. The molecule has 0 aromatic heterocycles. The van der Waals surface area contributed by atoms with Crippen LogP contribution in [0, 0.1) is 0 Å². The van der Waals surface area contributed by atoms with Crippen molar-refractivity contribution >= 4 is 28.8 Å². The van der Waals surface area contributed by atoms with Gasteiger partial charge in [-0.25, -0.2) is 4.99 Å². The van der Waals surface area contributed by atoms with E-state index < -0.39 is 5.92 Å². The number of hydrogen-bond acceptors (Lipinski definition) is 7. The first kappa shape index (κ1) is 22.5. The molecule has 1 unspecified atom stereocenters. The lowest BCUT2D eigenvalue weighted by Gasteiger charge is -2.22. The van der Waals surface area contributed by atoms with Crippen molar-refractivity contribution in [3.05, 3.63) is 71.8 Å². The minimum atomic E-state index is -0.398. The van der Waals surface area contributed by atoms with Crippen LogP contribution in [0.1, 0.15) is 35.2 Å². The number of amides is 1. The fourth-order valence-corrected chi connectivity index (χ4v) is 4.22. The van der Waals surface area contributed by atoms with Crippen molar-refractivity contribution in [1.82, 2.24) is 5.32 Å². The minimum absolute atomic E-state index is 0.140. The number of benzene rings is 3. The summed E-state index contributed by atoms with van der Waals surface area (Å²) in [4.78, 5) is 23.2. The predicted molar refractivity (Wildman–Crippen MR) is 133 cm³/mol. The van der Waals surface area contributed by atoms with Gasteiger partial charge in [0.1, 0.15) is 5.84 Å². The fraction of sp³-hybridized carbons (Fsp3) is 0.222. The maximum absolute atomic E-state index is 13.4. The van der Waals surface area contributed by atoms with E-state index in [-0.39, 0.29) is 12.7 Å². The molecule has 1 amide bonds. The first-order chi connectivity index (χ1) is 17.1. The summed E-state index contributed by atoms with van der Waals surface area (Å²) >= 11 is 0. The zero-order valence-corrected chi connectivity index (χ0v) is 19.7. The molecule has 2 aliphatic rings. The van der Waals surface area contributed by atoms with Crippen LogP contribution in [0.5, 0.6) is 23.0 Å². The number of aliphatic imine (C=N–C) groups is 2. The van der Waals surface area contributed by atoms with Gasteiger partial charge in [0.05, 0.1) is 31.5 Å². The maximum atomic E-state index is 13.4. The molecule has 0 spiro atoms. The van der Waals surface area contributed by atoms with Crippen molar-refractivity contribution in [3.8, 4) is 23.0 Å². The summed E-state index contributed by atoms with van der Waals surface area (Å²) in [7, 11) is 3.19. The average molecular weight is 472 g/mol. The fourth-order valence-electron chi connectivity index (χ4n) is 4.22. The number of methoxy groups -OCH3 is 2. The molecule has 2 aliphatic heterocycles. The molecule has 8 heteroatoms. The third kappa shape index (κ3) is 4.30. The van der Waals surface area contributed by atoms with Gasteiger partial charge in [-0.05, 0) is 54.4 Å². The van der Waals surface area contributed by atoms with E-state index in [2.05, 4.69) is 5.32 Å². The van der Waals surface area contributed by atoms with Crippen LogP contribution in [0.15, 0.2) is 70.6 Å². The number of nitrogens with zero attached hydrogens (tertiary/aromatic N) is 2. The van der Waals surface area contributed by atoms with Crippen molar-refractivity contribution in [2.75, 3.05) is 21.0 Å². The Labute approximate surface area is 203 Å². The van der Waals surface area contributed by atoms with Crippen molar-refractivity contribution in [3.63, 3.8) is 0 Å². The Kier molecular flexibility index (Phi) is 6.10. The van der Waals surface area contributed by atoms with Gasteiger partial charge >= 0.3 is 0 Å². The van der Waals surface area contributed by atoms with Crippen molar-refractivity contribution < 1.29 is 23.7 Å². The molecule has 0 saturated heterocycles. The van der Waals surface area contributed by atoms with Gasteiger partial charge in [-0.2, -0.15) is 0 Å². The largest absolute Gasteiger partial charge is 0.493 e. The summed E-state index contributed by atoms with van der Waals surface area (Å²) in [6, 6.07) is 18.4. The Balaban J connectivity index is 1.59. The van der Waals surface area contributed by atoms with Crippen molar-refractivity contribution in [1.29, 1.82) is 0 Å². The smallest absolute Gasteiger partial charge is 0.256 e. The highest BCUT2D eigenvalue weighted by Gasteiger charge is 2.29. The molecule has 3 aromatic rings. The summed E-state index contributed by atoms with van der Waals surface area (Å²) in [5.41, 5.74) is 3.62. The highest BCUT2D eigenvalue weighted by Crippen LogP contribution is 2.38. The highest BCUT2D eigenvalue weighted by molar-refractivity contribution is 6.19. The van der Waals surface area contributed by atoms with Crippen LogP contribution in [0.3, 0.4) is 0 Å². The van der Waals surface area contributed by atoms with Crippen LogP contribution in [0.25, 0.3) is 0 Å². The van der Waals surface area contributed by atoms with Crippen molar-refractivity contribution in [2.45, 2.75) is 19.3 Å². The molecule has 0 radical (unpaired) electrons. The molecule has 8 nitrogen and oxygen atoms in total. The number of para-hydroxylation sites is 2. The number of rotatable bonds is 5. The molecular weight excluding hydrogens is 446 g/mol. The highest BCUT2D eigenvalue weighted by atomic mass is 16.7. The molecule has 0 aliphatic carbocycles. The van der Waals surface area contributed by atoms with Crippen LogP contribution >= 0.6 is 0 Å². The van der Waals surface area contributed by atoms with E-state index in [0.717, 1.165) is 17.0 Å². The standard InChI is InChI=1S/C27H25N3O5/c1-4-18-25(16-9-11-21(32-2)23(13-16)33-3)26(29-20-8-6-5-7-19(20)28-18)30-27(31)17-10-12-22-24(14-17)35-15-34-22/h5-14,25H,4,15H2,1-3H3,(H,29,30,31). The van der Waals surface area contributed by atoms with E-state index in [4.69, 9.17) is 28.9 Å². The quantitative estimate of drug-likeness (QED) is 0.554. The molecule has 0 saturated carbocycles. The molecule has 178 valence electrons. The number of carbonyl (C=O) groups is 1. The summed E-state index contributed by atoms with van der Waals surface area (Å²) < 4.78 is 21.8. The predicted octanol–water partition coefficient (Wildman–Crippen LogP) is 5.17. The normalized spacial score (nSPS) is 15.9. The maximum Gasteiger partial charge on any atom is 0.256 e. The summed E-state index contributed by atoms with van der Waals surface area (Å²) in [6.45, 7) is 2.18. The van der Waals surface area contributed by atoms with E-state index in [0.29, 0.717) is 46.5 Å². The second kappa shape index (κ2) is 9.50. The second-order valence-electron chi connectivity index (χ2n) is 8.01. The molecule has 1 N–H and O–H groups in total. The van der Waals surface area contributed by atoms with E-state index in [1.165, 1.54) is 0 Å². The second-order valence-corrected chi connectivity index (χ2v) is 8.01. The molecular formula is C27H25N3O5. The SMILES string of the molecule is CCC1=Nc2ccccc2N=C(NC(=O)c2ccc3c(c2)OCO3)C1c1ccc(OC)c(OC)c1. The topological polar surface area (TPSA) is 90.7 Å². The van der Waals surface area contributed by atoms with Crippen molar-refractivity contribution in [2.24, 2.45) is 9.98 Å². The summed E-state index contributed by atoms with van der Waals surface area (Å²) in [6.07, 6.45) is 0.659. The van der Waals surface area contributed by atoms with Crippen LogP contribution in [0.2, 0.25) is 0 Å². The minimum Gasteiger partial charge on any atom is -0.493 e. The average Bonchev–Trinajstić information content (AvgIpc) is 3.30. The zero-order valence-electron chi connectivity index (χ0n) is 19.7. The summed E-state index contributed by atoms with van der Waals surface area (Å²) in [5, 5.41) is 3.05. The molecule has 5 rings (SSSR count). The first-order valence-corrected chi connectivity index (χ1v) is 11.3. The van der Waals surface area contributed by atoms with Gasteiger partial charge in [-0.1, -0.05) is 25.1 Å². The van der Waals surface area contributed by atoms with Crippen LogP contribution in [-0.2, 0) is 0 Å². The summed E-state index contributed by atoms with van der Waals surface area (Å²) in [5.74, 6) is 2.14. The lowest BCUT2D eigenvalue weighted by Crippen LogP contribution is -2.37. The van der Waals surface area contributed by atoms with E-state index >= 15 is 0 Å². The Morgan fingerprint density at radius 2 is 1.69 bits per heavy atom. The molecule has 0 bridgehead atoms. The first-order valence-electron chi connectivity index (χ1n) is 11.3. The van der Waals surface area contributed by atoms with Gasteiger partial charge in [0.25, 0.3) is 5.91 Å². The Morgan fingerprint density at radius 1 is 0.943 bits per heavy atom.